The summed E-state index contributed by atoms with van der Waals surface area (Å²) in [5, 5.41) is 0. The molecule has 0 bridgehead atoms. The summed E-state index contributed by atoms with van der Waals surface area (Å²) in [5.74, 6) is -0.123. The first-order valence-electron chi connectivity index (χ1n) is 8.83. The van der Waals surface area contributed by atoms with Gasteiger partial charge < -0.3 is 9.64 Å². The summed E-state index contributed by atoms with van der Waals surface area (Å²) in [4.78, 5) is 13.8. The first-order chi connectivity index (χ1) is 11.9. The number of likely N-dealkylation sites (tertiary alicyclic amines) is 1. The minimum atomic E-state index is -3.42. The van der Waals surface area contributed by atoms with Crippen molar-refractivity contribution < 1.29 is 22.3 Å². The molecule has 0 radical (unpaired) electrons. The zero-order valence-corrected chi connectivity index (χ0v) is 16.5. The van der Waals surface area contributed by atoms with Crippen molar-refractivity contribution in [2.45, 2.75) is 50.5 Å². The molecule has 1 amide bonds. The number of nitrogens with zero attached hydrogens (tertiary/aromatic N) is 1. The monoisotopic (exact) mass is 383 g/mol. The lowest BCUT2D eigenvalue weighted by Gasteiger charge is -2.59. The highest BCUT2D eigenvalue weighted by Crippen LogP contribution is 2.53. The third kappa shape index (κ3) is 4.19. The van der Waals surface area contributed by atoms with Crippen LogP contribution < -0.4 is 0 Å². The average Bonchev–Trinajstić information content (AvgIpc) is 2.36. The molecule has 0 aromatic heterocycles. The van der Waals surface area contributed by atoms with Gasteiger partial charge in [0.05, 0.1) is 4.90 Å². The number of benzene rings is 1. The molecule has 0 atom stereocenters. The Morgan fingerprint density at radius 3 is 2.42 bits per heavy atom. The van der Waals surface area contributed by atoms with E-state index in [0.717, 1.165) is 25.2 Å². The third-order valence-electron chi connectivity index (χ3n) is 5.03. The highest BCUT2D eigenvalue weighted by Gasteiger charge is 2.54. The van der Waals surface area contributed by atoms with Gasteiger partial charge in [-0.1, -0.05) is 0 Å². The van der Waals surface area contributed by atoms with Crippen LogP contribution in [0.25, 0.3) is 0 Å². The normalized spacial score (nSPS) is 19.8. The van der Waals surface area contributed by atoms with Gasteiger partial charge in [0.2, 0.25) is 0 Å². The molecule has 0 unspecified atom stereocenters. The van der Waals surface area contributed by atoms with Gasteiger partial charge in [0.25, 0.3) is 0 Å². The van der Waals surface area contributed by atoms with Crippen molar-refractivity contribution in [2.75, 3.05) is 19.3 Å². The zero-order valence-electron chi connectivity index (χ0n) is 15.7. The highest BCUT2D eigenvalue weighted by atomic mass is 32.2. The van der Waals surface area contributed by atoms with Crippen LogP contribution in [-0.4, -0.2) is 44.4 Å². The van der Waals surface area contributed by atoms with E-state index in [0.29, 0.717) is 31.0 Å². The van der Waals surface area contributed by atoms with E-state index in [1.54, 1.807) is 11.0 Å². The van der Waals surface area contributed by atoms with Gasteiger partial charge in [0, 0.05) is 24.8 Å². The molecule has 1 saturated carbocycles. The number of rotatable bonds is 3. The van der Waals surface area contributed by atoms with Crippen molar-refractivity contribution in [3.8, 4) is 0 Å². The van der Waals surface area contributed by atoms with Gasteiger partial charge in [-0.15, -0.1) is 0 Å². The topological polar surface area (TPSA) is 63.7 Å². The molecule has 26 heavy (non-hydrogen) atoms. The summed E-state index contributed by atoms with van der Waals surface area (Å²) in [7, 11) is -3.42. The van der Waals surface area contributed by atoms with Gasteiger partial charge in [-0.3, -0.25) is 0 Å². The molecule has 0 N–H and O–H groups in total. The Kier molecular flexibility index (Phi) is 4.58. The molecule has 1 spiro atoms. The minimum Gasteiger partial charge on any atom is -0.444 e. The van der Waals surface area contributed by atoms with E-state index in [2.05, 4.69) is 0 Å². The van der Waals surface area contributed by atoms with Gasteiger partial charge in [0.15, 0.2) is 9.84 Å². The number of carbonyl (C=O) groups excluding carboxylic acids is 1. The molecule has 2 fully saturated rings. The van der Waals surface area contributed by atoms with E-state index >= 15 is 0 Å². The van der Waals surface area contributed by atoms with Gasteiger partial charge in [0.1, 0.15) is 11.4 Å². The molecule has 5 nitrogen and oxygen atoms in total. The Hall–Kier alpha value is -1.63. The molecule has 1 heterocycles. The van der Waals surface area contributed by atoms with Crippen LogP contribution in [0.5, 0.6) is 0 Å². The number of amides is 1. The largest absolute Gasteiger partial charge is 0.444 e. The number of carbonyl (C=O) groups is 1. The summed E-state index contributed by atoms with van der Waals surface area (Å²) >= 11 is 0. The first-order valence-corrected chi connectivity index (χ1v) is 10.7. The molecule has 1 aromatic carbocycles. The number of hydrogen-bond donors (Lipinski definition) is 0. The molecule has 7 heteroatoms. The van der Waals surface area contributed by atoms with E-state index in [-0.39, 0.29) is 16.4 Å². The van der Waals surface area contributed by atoms with Gasteiger partial charge in [-0.2, -0.15) is 0 Å². The van der Waals surface area contributed by atoms with Crippen molar-refractivity contribution in [1.29, 1.82) is 0 Å². The van der Waals surface area contributed by atoms with Crippen molar-refractivity contribution in [2.24, 2.45) is 11.3 Å². The van der Waals surface area contributed by atoms with Crippen molar-refractivity contribution in [1.82, 2.24) is 4.90 Å². The molecular weight excluding hydrogens is 357 g/mol. The summed E-state index contributed by atoms with van der Waals surface area (Å²) in [6, 6.07) is 4.04. The Morgan fingerprint density at radius 2 is 1.88 bits per heavy atom. The number of hydrogen-bond acceptors (Lipinski definition) is 4. The molecule has 144 valence electrons. The van der Waals surface area contributed by atoms with E-state index in [1.165, 1.54) is 6.07 Å². The smallest absolute Gasteiger partial charge is 0.410 e. The fourth-order valence-corrected chi connectivity index (χ4v) is 4.76. The molecule has 1 saturated heterocycles. The lowest BCUT2D eigenvalue weighted by Crippen LogP contribution is -2.64. The fraction of sp³-hybridized carbons (Fsp3) is 0.632. The van der Waals surface area contributed by atoms with E-state index < -0.39 is 21.3 Å². The van der Waals surface area contributed by atoms with Crippen LogP contribution in [-0.2, 0) is 21.0 Å². The maximum Gasteiger partial charge on any atom is 0.410 e. The summed E-state index contributed by atoms with van der Waals surface area (Å²) in [6.07, 6.45) is 3.42. The van der Waals surface area contributed by atoms with Gasteiger partial charge in [-0.05, 0) is 69.7 Å². The molecule has 3 rings (SSSR count). The Balaban J connectivity index is 1.53. The van der Waals surface area contributed by atoms with Crippen molar-refractivity contribution in [3.63, 3.8) is 0 Å². The lowest BCUT2D eigenvalue weighted by atomic mass is 9.56. The molecule has 1 aliphatic heterocycles. The van der Waals surface area contributed by atoms with Gasteiger partial charge >= 0.3 is 6.09 Å². The summed E-state index contributed by atoms with van der Waals surface area (Å²) in [6.45, 7) is 6.96. The second kappa shape index (κ2) is 6.22. The highest BCUT2D eigenvalue weighted by molar-refractivity contribution is 7.90. The first kappa shape index (κ1) is 19.1. The van der Waals surface area contributed by atoms with E-state index in [4.69, 9.17) is 4.74 Å². The molecule has 2 aliphatic rings. The standard InChI is InChI=1S/C19H26FNO4S/c1-18(2,3)25-17(22)21-11-19(12-21)9-14(10-19)5-13-6-15(20)8-16(7-13)26(4,23)24/h6-8,14H,5,9-12H2,1-4H3. The fourth-order valence-electron chi connectivity index (χ4n) is 4.07. The number of sulfone groups is 1. The second-order valence-corrected chi connectivity index (χ2v) is 10.9. The third-order valence-corrected chi connectivity index (χ3v) is 6.12. The van der Waals surface area contributed by atoms with Crippen LogP contribution in [0, 0.1) is 17.2 Å². The van der Waals surface area contributed by atoms with Crippen LogP contribution in [0.2, 0.25) is 0 Å². The van der Waals surface area contributed by atoms with Crippen molar-refractivity contribution in [3.05, 3.63) is 29.6 Å². The predicted octanol–water partition coefficient (Wildman–Crippen LogP) is 3.42. The van der Waals surface area contributed by atoms with E-state index in [9.17, 15) is 17.6 Å². The summed E-state index contributed by atoms with van der Waals surface area (Å²) in [5.41, 5.74) is 0.388. The maximum absolute atomic E-state index is 13.7. The van der Waals surface area contributed by atoms with Crippen LogP contribution >= 0.6 is 0 Å². The van der Waals surface area contributed by atoms with Crippen molar-refractivity contribution >= 4 is 15.9 Å². The quantitative estimate of drug-likeness (QED) is 0.802. The maximum atomic E-state index is 13.7. The Bertz CT molecular complexity index is 814. The SMILES string of the molecule is CC(C)(C)OC(=O)N1CC2(CC(Cc3cc(F)cc(S(C)(=O)=O)c3)C2)C1. The van der Waals surface area contributed by atoms with Crippen LogP contribution in [0.1, 0.15) is 39.2 Å². The second-order valence-electron chi connectivity index (χ2n) is 8.88. The average molecular weight is 383 g/mol. The Labute approximate surface area is 154 Å². The minimum absolute atomic E-state index is 0.0290. The number of halogens is 1. The van der Waals surface area contributed by atoms with Gasteiger partial charge in [-0.25, -0.2) is 17.6 Å². The molecular formula is C19H26FNO4S. The molecule has 1 aliphatic carbocycles. The van der Waals surface area contributed by atoms with E-state index in [1.807, 2.05) is 20.8 Å². The predicted molar refractivity (Wildman–Crippen MR) is 96.2 cm³/mol. The zero-order chi connectivity index (χ0) is 19.3. The molecule has 1 aromatic rings. The number of ether oxygens (including phenoxy) is 1. The summed E-state index contributed by atoms with van der Waals surface area (Å²) < 4.78 is 42.4. The van der Waals surface area contributed by atoms with Crippen LogP contribution in [0.15, 0.2) is 23.1 Å². The Morgan fingerprint density at radius 1 is 1.27 bits per heavy atom. The van der Waals surface area contributed by atoms with Crippen LogP contribution in [0.4, 0.5) is 9.18 Å². The van der Waals surface area contributed by atoms with Crippen LogP contribution in [0.3, 0.4) is 0 Å². The lowest BCUT2D eigenvalue weighted by molar-refractivity contribution is -0.0947.